The lowest BCUT2D eigenvalue weighted by Crippen LogP contribution is -2.32. The second-order valence-corrected chi connectivity index (χ2v) is 6.45. The molecule has 0 aliphatic rings. The summed E-state index contributed by atoms with van der Waals surface area (Å²) in [6.07, 6.45) is 0.483. The van der Waals surface area contributed by atoms with Crippen LogP contribution >= 0.6 is 31.9 Å². The third-order valence-corrected chi connectivity index (χ3v) is 3.75. The maximum Gasteiger partial charge on any atom is 0.221 e. The van der Waals surface area contributed by atoms with Crippen molar-refractivity contribution in [1.29, 1.82) is 0 Å². The van der Waals surface area contributed by atoms with Gasteiger partial charge in [0.25, 0.3) is 0 Å². The summed E-state index contributed by atoms with van der Waals surface area (Å²) in [4.78, 5) is 11.5. The summed E-state index contributed by atoms with van der Waals surface area (Å²) in [6, 6.07) is 4.20. The lowest BCUT2D eigenvalue weighted by atomic mass is 10.2. The molecule has 6 heteroatoms. The number of rotatable bonds is 7. The molecule has 0 aliphatic carbocycles. The maximum atomic E-state index is 11.5. The molecule has 0 bridgehead atoms. The van der Waals surface area contributed by atoms with Crippen LogP contribution in [0.4, 0.5) is 0 Å². The fourth-order valence-corrected chi connectivity index (χ4v) is 3.34. The van der Waals surface area contributed by atoms with Crippen molar-refractivity contribution in [3.05, 3.63) is 26.6 Å². The van der Waals surface area contributed by atoms with Crippen molar-refractivity contribution in [2.75, 3.05) is 13.7 Å². The molecule has 4 nitrogen and oxygen atoms in total. The van der Waals surface area contributed by atoms with Crippen LogP contribution in [-0.2, 0) is 11.3 Å². The van der Waals surface area contributed by atoms with Crippen molar-refractivity contribution in [2.45, 2.75) is 32.9 Å². The van der Waals surface area contributed by atoms with E-state index in [1.165, 1.54) is 0 Å². The van der Waals surface area contributed by atoms with Gasteiger partial charge in [0.05, 0.1) is 16.1 Å². The van der Waals surface area contributed by atoms with Crippen LogP contribution in [0.15, 0.2) is 21.1 Å². The van der Waals surface area contributed by atoms with E-state index < -0.39 is 0 Å². The Hall–Kier alpha value is -0.590. The zero-order valence-electron chi connectivity index (χ0n) is 11.9. The van der Waals surface area contributed by atoms with Crippen LogP contribution in [-0.4, -0.2) is 25.6 Å². The molecule has 0 atom stereocenters. The van der Waals surface area contributed by atoms with E-state index in [-0.39, 0.29) is 11.9 Å². The van der Waals surface area contributed by atoms with Crippen molar-refractivity contribution in [2.24, 2.45) is 0 Å². The average Bonchev–Trinajstić information content (AvgIpc) is 2.33. The fourth-order valence-electron chi connectivity index (χ4n) is 1.74. The molecule has 2 N–H and O–H groups in total. The van der Waals surface area contributed by atoms with Crippen molar-refractivity contribution in [1.82, 2.24) is 10.6 Å². The van der Waals surface area contributed by atoms with Crippen LogP contribution < -0.4 is 15.4 Å². The molecule has 0 radical (unpaired) electrons. The van der Waals surface area contributed by atoms with Crippen molar-refractivity contribution >= 4 is 37.8 Å². The van der Waals surface area contributed by atoms with E-state index in [1.807, 2.05) is 26.0 Å². The van der Waals surface area contributed by atoms with Crippen molar-refractivity contribution < 1.29 is 9.53 Å². The topological polar surface area (TPSA) is 50.4 Å². The molecule has 0 saturated heterocycles. The van der Waals surface area contributed by atoms with Crippen molar-refractivity contribution in [3.8, 4) is 5.75 Å². The van der Waals surface area contributed by atoms with E-state index in [1.54, 1.807) is 7.11 Å². The minimum atomic E-state index is 0.0737. The maximum absolute atomic E-state index is 11.5. The number of halogens is 2. The van der Waals surface area contributed by atoms with E-state index in [4.69, 9.17) is 4.74 Å². The molecule has 0 unspecified atom stereocenters. The molecule has 1 amide bonds. The number of carbonyl (C=O) groups excluding carboxylic acids is 1. The van der Waals surface area contributed by atoms with Gasteiger partial charge in [-0.25, -0.2) is 0 Å². The number of nitrogens with one attached hydrogen (secondary N) is 2. The molecular formula is C14H20Br2N2O2. The first-order valence-electron chi connectivity index (χ1n) is 6.46. The van der Waals surface area contributed by atoms with Gasteiger partial charge >= 0.3 is 0 Å². The first kappa shape index (κ1) is 17.5. The third-order valence-electron chi connectivity index (χ3n) is 2.57. The summed E-state index contributed by atoms with van der Waals surface area (Å²) >= 11 is 6.94. The smallest absolute Gasteiger partial charge is 0.221 e. The van der Waals surface area contributed by atoms with E-state index in [0.717, 1.165) is 20.3 Å². The molecular weight excluding hydrogens is 388 g/mol. The monoisotopic (exact) mass is 406 g/mol. The van der Waals surface area contributed by atoms with Gasteiger partial charge in [-0.2, -0.15) is 0 Å². The molecule has 0 fully saturated rings. The highest BCUT2D eigenvalue weighted by molar-refractivity contribution is 9.11. The molecule has 20 heavy (non-hydrogen) atoms. The van der Waals surface area contributed by atoms with Crippen LogP contribution in [0.5, 0.6) is 5.75 Å². The predicted molar refractivity (Wildman–Crippen MR) is 88.0 cm³/mol. The largest absolute Gasteiger partial charge is 0.494 e. The van der Waals surface area contributed by atoms with E-state index in [2.05, 4.69) is 42.5 Å². The standard InChI is InChI=1S/C14H20Br2N2O2/c1-9(2)18-13(19)4-5-17-8-10-6-11(15)14(20-3)12(16)7-10/h6-7,9,17H,4-5,8H2,1-3H3,(H,18,19). The number of hydrogen-bond acceptors (Lipinski definition) is 3. The summed E-state index contributed by atoms with van der Waals surface area (Å²) in [7, 11) is 1.64. The zero-order chi connectivity index (χ0) is 15.1. The molecule has 0 spiro atoms. The molecule has 1 aromatic rings. The number of amides is 1. The number of ether oxygens (including phenoxy) is 1. The van der Waals surface area contributed by atoms with Gasteiger partial charge in [-0.05, 0) is 63.4 Å². The lowest BCUT2D eigenvalue weighted by Gasteiger charge is -2.11. The van der Waals surface area contributed by atoms with Crippen LogP contribution in [0, 0.1) is 0 Å². The Labute approximate surface area is 136 Å². The highest BCUT2D eigenvalue weighted by atomic mass is 79.9. The van der Waals surface area contributed by atoms with Gasteiger partial charge < -0.3 is 15.4 Å². The Bertz CT molecular complexity index is 441. The number of hydrogen-bond donors (Lipinski definition) is 2. The van der Waals surface area contributed by atoms with Crippen LogP contribution in [0.3, 0.4) is 0 Å². The van der Waals surface area contributed by atoms with Crippen LogP contribution in [0.1, 0.15) is 25.8 Å². The lowest BCUT2D eigenvalue weighted by molar-refractivity contribution is -0.121. The highest BCUT2D eigenvalue weighted by Gasteiger charge is 2.08. The SMILES string of the molecule is COc1c(Br)cc(CNCCC(=O)NC(C)C)cc1Br. The van der Waals surface area contributed by atoms with Gasteiger partial charge in [0.1, 0.15) is 5.75 Å². The van der Waals surface area contributed by atoms with Gasteiger partial charge in [0.15, 0.2) is 0 Å². The van der Waals surface area contributed by atoms with Crippen LogP contribution in [0.2, 0.25) is 0 Å². The molecule has 0 aliphatic heterocycles. The second-order valence-electron chi connectivity index (χ2n) is 4.74. The molecule has 112 valence electrons. The minimum Gasteiger partial charge on any atom is -0.494 e. The van der Waals surface area contributed by atoms with Gasteiger partial charge in [-0.3, -0.25) is 4.79 Å². The van der Waals surface area contributed by atoms with E-state index in [9.17, 15) is 4.79 Å². The Morgan fingerprint density at radius 2 is 1.90 bits per heavy atom. The van der Waals surface area contributed by atoms with Gasteiger partial charge in [0.2, 0.25) is 5.91 Å². The summed E-state index contributed by atoms with van der Waals surface area (Å²) < 4.78 is 7.07. The van der Waals surface area contributed by atoms with Gasteiger partial charge in [0, 0.05) is 25.6 Å². The predicted octanol–water partition coefficient (Wildman–Crippen LogP) is 3.22. The normalized spacial score (nSPS) is 10.7. The first-order chi connectivity index (χ1) is 9.43. The number of benzene rings is 1. The molecule has 1 rings (SSSR count). The molecule has 0 heterocycles. The Morgan fingerprint density at radius 1 is 1.30 bits per heavy atom. The molecule has 1 aromatic carbocycles. The zero-order valence-corrected chi connectivity index (χ0v) is 15.1. The molecule has 0 aromatic heterocycles. The third kappa shape index (κ3) is 5.81. The Balaban J connectivity index is 2.41. The first-order valence-corrected chi connectivity index (χ1v) is 8.04. The quantitative estimate of drug-likeness (QED) is 0.682. The highest BCUT2D eigenvalue weighted by Crippen LogP contribution is 2.34. The summed E-state index contributed by atoms with van der Waals surface area (Å²) in [6.45, 7) is 5.27. The van der Waals surface area contributed by atoms with E-state index in [0.29, 0.717) is 19.5 Å². The fraction of sp³-hybridized carbons (Fsp3) is 0.500. The number of carbonyl (C=O) groups is 1. The second kappa shape index (κ2) is 8.64. The Kier molecular flexibility index (Phi) is 7.55. The average molecular weight is 408 g/mol. The molecule has 0 saturated carbocycles. The Morgan fingerprint density at radius 3 is 2.40 bits per heavy atom. The minimum absolute atomic E-state index is 0.0737. The van der Waals surface area contributed by atoms with Crippen molar-refractivity contribution in [3.63, 3.8) is 0 Å². The summed E-state index contributed by atoms with van der Waals surface area (Å²) in [5.74, 6) is 0.856. The van der Waals surface area contributed by atoms with E-state index >= 15 is 0 Å². The summed E-state index contributed by atoms with van der Waals surface area (Å²) in [5, 5.41) is 6.12. The van der Waals surface area contributed by atoms with Gasteiger partial charge in [-0.1, -0.05) is 0 Å². The van der Waals surface area contributed by atoms with Crippen LogP contribution in [0.25, 0.3) is 0 Å². The summed E-state index contributed by atoms with van der Waals surface area (Å²) in [5.41, 5.74) is 1.12. The number of methoxy groups -OCH3 is 1. The van der Waals surface area contributed by atoms with Gasteiger partial charge in [-0.15, -0.1) is 0 Å².